The van der Waals surface area contributed by atoms with Crippen LogP contribution < -0.4 is 10.2 Å². The quantitative estimate of drug-likeness (QED) is 0.883. The van der Waals surface area contributed by atoms with E-state index in [1.165, 1.54) is 0 Å². The van der Waals surface area contributed by atoms with Crippen molar-refractivity contribution in [2.45, 2.75) is 26.3 Å². The zero-order chi connectivity index (χ0) is 13.0. The van der Waals surface area contributed by atoms with E-state index < -0.39 is 0 Å². The molecule has 1 aromatic rings. The average Bonchev–Trinajstić information content (AvgIpc) is 2.40. The highest BCUT2D eigenvalue weighted by Gasteiger charge is 2.21. The van der Waals surface area contributed by atoms with E-state index in [1.807, 2.05) is 6.07 Å². The lowest BCUT2D eigenvalue weighted by molar-refractivity contribution is 0.233. The van der Waals surface area contributed by atoms with Crippen molar-refractivity contribution in [3.63, 3.8) is 0 Å². The Hall–Kier alpha value is -1.29. The summed E-state index contributed by atoms with van der Waals surface area (Å²) in [4.78, 5) is 9.46. The molecule has 1 aliphatic rings. The molecule has 0 bridgehead atoms. The number of aromatic nitrogens is 1. The molecule has 18 heavy (non-hydrogen) atoms. The molecule has 1 N–H and O–H groups in total. The Balaban J connectivity index is 2.04. The van der Waals surface area contributed by atoms with Crippen molar-refractivity contribution >= 4 is 11.6 Å². The number of nitrogens with zero attached hydrogens (tertiary/aromatic N) is 3. The molecule has 0 aromatic carbocycles. The fourth-order valence-electron chi connectivity index (χ4n) is 2.21. The van der Waals surface area contributed by atoms with Crippen molar-refractivity contribution < 1.29 is 0 Å². The Labute approximate surface area is 110 Å². The zero-order valence-corrected chi connectivity index (χ0v) is 11.7. The minimum atomic E-state index is 0.591. The zero-order valence-electron chi connectivity index (χ0n) is 11.7. The molecular weight excluding hydrogens is 224 g/mol. The summed E-state index contributed by atoms with van der Waals surface area (Å²) in [7, 11) is 2.19. The second-order valence-corrected chi connectivity index (χ2v) is 5.08. The Morgan fingerprint density at radius 2 is 2.22 bits per heavy atom. The molecule has 1 aromatic heterocycles. The number of piperazine rings is 1. The lowest BCUT2D eigenvalue weighted by Gasteiger charge is -2.38. The van der Waals surface area contributed by atoms with Crippen molar-refractivity contribution in [2.24, 2.45) is 0 Å². The van der Waals surface area contributed by atoms with Crippen molar-refractivity contribution in [1.29, 1.82) is 0 Å². The highest BCUT2D eigenvalue weighted by Crippen LogP contribution is 2.18. The minimum Gasteiger partial charge on any atom is -0.370 e. The van der Waals surface area contributed by atoms with Crippen LogP contribution in [-0.4, -0.2) is 49.2 Å². The smallest absolute Gasteiger partial charge is 0.131 e. The van der Waals surface area contributed by atoms with E-state index in [2.05, 4.69) is 53.1 Å². The van der Waals surface area contributed by atoms with Gasteiger partial charge in [0.15, 0.2) is 0 Å². The standard InChI is InChI=1S/C14H24N4/c1-4-8-15-13-6-5-7-14(16-13)18-10-9-17(3)12(2)11-18/h5-7,12H,4,8-11H2,1-3H3,(H,15,16). The second kappa shape index (κ2) is 6.05. The Kier molecular flexibility index (Phi) is 4.42. The first-order valence-corrected chi connectivity index (χ1v) is 6.87. The molecule has 4 nitrogen and oxygen atoms in total. The number of hydrogen-bond donors (Lipinski definition) is 1. The SMILES string of the molecule is CCCNc1cccc(N2CCN(C)C(C)C2)n1. The first-order chi connectivity index (χ1) is 8.70. The Morgan fingerprint density at radius 3 is 2.94 bits per heavy atom. The van der Waals surface area contributed by atoms with Gasteiger partial charge in [-0.05, 0) is 32.5 Å². The maximum absolute atomic E-state index is 4.69. The third-order valence-corrected chi connectivity index (χ3v) is 3.57. The van der Waals surface area contributed by atoms with Crippen LogP contribution in [-0.2, 0) is 0 Å². The molecule has 4 heteroatoms. The molecule has 2 heterocycles. The van der Waals surface area contributed by atoms with E-state index in [-0.39, 0.29) is 0 Å². The predicted molar refractivity (Wildman–Crippen MR) is 77.3 cm³/mol. The molecule has 0 spiro atoms. The topological polar surface area (TPSA) is 31.4 Å². The first kappa shape index (κ1) is 13.1. The van der Waals surface area contributed by atoms with Gasteiger partial charge in [0.1, 0.15) is 11.6 Å². The van der Waals surface area contributed by atoms with Gasteiger partial charge in [-0.2, -0.15) is 0 Å². The molecule has 0 saturated carbocycles. The van der Waals surface area contributed by atoms with E-state index in [4.69, 9.17) is 0 Å². The third kappa shape index (κ3) is 3.13. The van der Waals surface area contributed by atoms with Crippen LogP contribution in [0.3, 0.4) is 0 Å². The maximum atomic E-state index is 4.69. The van der Waals surface area contributed by atoms with Crippen LogP contribution in [0.15, 0.2) is 18.2 Å². The summed E-state index contributed by atoms with van der Waals surface area (Å²) in [6, 6.07) is 6.82. The molecule has 0 amide bonds. The van der Waals surface area contributed by atoms with Gasteiger partial charge in [-0.15, -0.1) is 0 Å². The van der Waals surface area contributed by atoms with Crippen molar-refractivity contribution in [3.05, 3.63) is 18.2 Å². The molecule has 1 fully saturated rings. The highest BCUT2D eigenvalue weighted by atomic mass is 15.3. The van der Waals surface area contributed by atoms with Crippen LogP contribution in [0.2, 0.25) is 0 Å². The summed E-state index contributed by atoms with van der Waals surface area (Å²) in [5, 5.41) is 3.35. The normalized spacial score (nSPS) is 21.1. The van der Waals surface area contributed by atoms with Gasteiger partial charge in [0.2, 0.25) is 0 Å². The fraction of sp³-hybridized carbons (Fsp3) is 0.643. The summed E-state index contributed by atoms with van der Waals surface area (Å²) in [5.41, 5.74) is 0. The molecule has 0 aliphatic carbocycles. The number of pyridine rings is 1. The molecule has 1 saturated heterocycles. The molecule has 2 rings (SSSR count). The van der Waals surface area contributed by atoms with E-state index in [0.29, 0.717) is 6.04 Å². The molecule has 0 radical (unpaired) electrons. The second-order valence-electron chi connectivity index (χ2n) is 5.08. The molecule has 100 valence electrons. The van der Waals surface area contributed by atoms with Crippen LogP contribution in [0.1, 0.15) is 20.3 Å². The average molecular weight is 248 g/mol. The molecule has 1 unspecified atom stereocenters. The highest BCUT2D eigenvalue weighted by molar-refractivity contribution is 5.47. The summed E-state index contributed by atoms with van der Waals surface area (Å²) in [5.74, 6) is 2.08. The van der Waals surface area contributed by atoms with Crippen LogP contribution in [0.25, 0.3) is 0 Å². The Morgan fingerprint density at radius 1 is 1.39 bits per heavy atom. The largest absolute Gasteiger partial charge is 0.370 e. The van der Waals surface area contributed by atoms with Gasteiger partial charge in [0, 0.05) is 32.2 Å². The van der Waals surface area contributed by atoms with Crippen molar-refractivity contribution in [3.8, 4) is 0 Å². The summed E-state index contributed by atoms with van der Waals surface area (Å²) in [6.45, 7) is 8.64. The Bertz CT molecular complexity index is 380. The van der Waals surface area contributed by atoms with Crippen LogP contribution in [0.5, 0.6) is 0 Å². The minimum absolute atomic E-state index is 0.591. The van der Waals surface area contributed by atoms with Gasteiger partial charge in [-0.25, -0.2) is 4.98 Å². The van der Waals surface area contributed by atoms with Crippen LogP contribution >= 0.6 is 0 Å². The predicted octanol–water partition coefficient (Wildman–Crippen LogP) is 2.04. The van der Waals surface area contributed by atoms with Crippen LogP contribution in [0, 0.1) is 0 Å². The number of nitrogens with one attached hydrogen (secondary N) is 1. The van der Waals surface area contributed by atoms with Gasteiger partial charge >= 0.3 is 0 Å². The maximum Gasteiger partial charge on any atom is 0.131 e. The van der Waals surface area contributed by atoms with Gasteiger partial charge in [0.25, 0.3) is 0 Å². The van der Waals surface area contributed by atoms with Crippen LogP contribution in [0.4, 0.5) is 11.6 Å². The molecule has 1 atom stereocenters. The number of anilines is 2. The van der Waals surface area contributed by atoms with E-state index >= 15 is 0 Å². The summed E-state index contributed by atoms with van der Waals surface area (Å²) >= 11 is 0. The third-order valence-electron chi connectivity index (χ3n) is 3.57. The van der Waals surface area contributed by atoms with E-state index in [9.17, 15) is 0 Å². The van der Waals surface area contributed by atoms with Gasteiger partial charge < -0.3 is 15.1 Å². The molecular formula is C14H24N4. The van der Waals surface area contributed by atoms with Crippen molar-refractivity contribution in [2.75, 3.05) is 43.4 Å². The van der Waals surface area contributed by atoms with E-state index in [1.54, 1.807) is 0 Å². The number of likely N-dealkylation sites (N-methyl/N-ethyl adjacent to an activating group) is 1. The summed E-state index contributed by atoms with van der Waals surface area (Å²) < 4.78 is 0. The lowest BCUT2D eigenvalue weighted by Crippen LogP contribution is -2.50. The monoisotopic (exact) mass is 248 g/mol. The lowest BCUT2D eigenvalue weighted by atomic mass is 10.2. The van der Waals surface area contributed by atoms with Crippen molar-refractivity contribution in [1.82, 2.24) is 9.88 Å². The van der Waals surface area contributed by atoms with Gasteiger partial charge in [0.05, 0.1) is 0 Å². The number of hydrogen-bond acceptors (Lipinski definition) is 4. The number of rotatable bonds is 4. The van der Waals surface area contributed by atoms with Gasteiger partial charge in [-0.3, -0.25) is 0 Å². The van der Waals surface area contributed by atoms with E-state index in [0.717, 1.165) is 44.2 Å². The summed E-state index contributed by atoms with van der Waals surface area (Å²) in [6.07, 6.45) is 1.12. The first-order valence-electron chi connectivity index (χ1n) is 6.87. The van der Waals surface area contributed by atoms with Gasteiger partial charge in [-0.1, -0.05) is 13.0 Å². The fourth-order valence-corrected chi connectivity index (χ4v) is 2.21. The molecule has 1 aliphatic heterocycles.